The van der Waals surface area contributed by atoms with Crippen LogP contribution in [0.25, 0.3) is 0 Å². The molecule has 0 bridgehead atoms. The van der Waals surface area contributed by atoms with E-state index in [0.29, 0.717) is 6.04 Å². The van der Waals surface area contributed by atoms with Crippen molar-refractivity contribution in [3.63, 3.8) is 0 Å². The maximum Gasteiger partial charge on any atom is 0.119 e. The van der Waals surface area contributed by atoms with Crippen LogP contribution < -0.4 is 15.4 Å². The maximum absolute atomic E-state index is 5.28. The number of hydrogen-bond donors (Lipinski definition) is 2. The molecule has 0 saturated heterocycles. The van der Waals surface area contributed by atoms with E-state index in [4.69, 9.17) is 4.74 Å². The molecule has 3 aromatic carbocycles. The van der Waals surface area contributed by atoms with Crippen LogP contribution in [0.1, 0.15) is 22.7 Å². The number of benzene rings is 3. The summed E-state index contributed by atoms with van der Waals surface area (Å²) in [5.74, 6) is 0.870. The molecule has 2 atom stereocenters. The highest BCUT2D eigenvalue weighted by atomic mass is 16.5. The monoisotopic (exact) mass is 344 g/mol. The lowest BCUT2D eigenvalue weighted by Gasteiger charge is -2.28. The summed E-state index contributed by atoms with van der Waals surface area (Å²) in [7, 11) is 1.69. The molecule has 4 rings (SSSR count). The lowest BCUT2D eigenvalue weighted by atomic mass is 9.93. The third-order valence-corrected chi connectivity index (χ3v) is 5.14. The van der Waals surface area contributed by atoms with Gasteiger partial charge in [-0.2, -0.15) is 0 Å². The van der Waals surface area contributed by atoms with Gasteiger partial charge in [-0.05, 0) is 60.4 Å². The first-order chi connectivity index (χ1) is 12.7. The number of nitrogens with one attached hydrogen (secondary N) is 2. The van der Waals surface area contributed by atoms with Gasteiger partial charge in [0.05, 0.1) is 19.2 Å². The van der Waals surface area contributed by atoms with E-state index in [0.717, 1.165) is 17.9 Å². The van der Waals surface area contributed by atoms with Crippen LogP contribution in [0.5, 0.6) is 5.75 Å². The Morgan fingerprint density at radius 3 is 2.42 bits per heavy atom. The first-order valence-electron chi connectivity index (χ1n) is 9.05. The summed E-state index contributed by atoms with van der Waals surface area (Å²) >= 11 is 0. The number of hydrogen-bond acceptors (Lipinski definition) is 3. The number of para-hydroxylation sites is 1. The zero-order valence-corrected chi connectivity index (χ0v) is 15.2. The zero-order valence-electron chi connectivity index (χ0n) is 15.2. The molecule has 3 heteroatoms. The number of anilines is 2. The minimum atomic E-state index is 0.178. The molecule has 0 saturated carbocycles. The largest absolute Gasteiger partial charge is 0.497 e. The van der Waals surface area contributed by atoms with E-state index in [9.17, 15) is 0 Å². The molecule has 3 aromatic rings. The molecule has 0 aromatic heterocycles. The van der Waals surface area contributed by atoms with Gasteiger partial charge in [0.15, 0.2) is 0 Å². The molecule has 3 nitrogen and oxygen atoms in total. The highest BCUT2D eigenvalue weighted by Gasteiger charge is 2.29. The van der Waals surface area contributed by atoms with Gasteiger partial charge in [-0.1, -0.05) is 42.5 Å². The molecule has 0 unspecified atom stereocenters. The Hall–Kier alpha value is -2.94. The van der Waals surface area contributed by atoms with Crippen molar-refractivity contribution in [1.29, 1.82) is 0 Å². The second-order valence-corrected chi connectivity index (χ2v) is 6.82. The molecule has 2 N–H and O–H groups in total. The average Bonchev–Trinajstić information content (AvgIpc) is 3.11. The maximum atomic E-state index is 5.28. The highest BCUT2D eigenvalue weighted by molar-refractivity contribution is 5.59. The molecule has 1 heterocycles. The summed E-state index contributed by atoms with van der Waals surface area (Å²) in [6.45, 7) is 2.18. The van der Waals surface area contributed by atoms with Crippen LogP contribution >= 0.6 is 0 Å². The minimum Gasteiger partial charge on any atom is -0.497 e. The number of ether oxygens (including phenoxy) is 1. The van der Waals surface area contributed by atoms with Crippen molar-refractivity contribution in [3.8, 4) is 5.75 Å². The molecule has 0 aliphatic carbocycles. The van der Waals surface area contributed by atoms with Gasteiger partial charge >= 0.3 is 0 Å². The van der Waals surface area contributed by atoms with E-state index in [1.165, 1.54) is 22.4 Å². The van der Waals surface area contributed by atoms with Crippen LogP contribution in [0.2, 0.25) is 0 Å². The number of aryl methyl sites for hydroxylation is 1. The Bertz CT molecular complexity index is 864. The van der Waals surface area contributed by atoms with Crippen molar-refractivity contribution < 1.29 is 4.74 Å². The van der Waals surface area contributed by atoms with Gasteiger partial charge in [-0.3, -0.25) is 0 Å². The Morgan fingerprint density at radius 1 is 0.962 bits per heavy atom. The van der Waals surface area contributed by atoms with Crippen molar-refractivity contribution in [2.75, 3.05) is 17.7 Å². The van der Waals surface area contributed by atoms with Crippen molar-refractivity contribution in [2.24, 2.45) is 0 Å². The van der Waals surface area contributed by atoms with Crippen molar-refractivity contribution >= 4 is 11.4 Å². The SMILES string of the molecule is COc1ccc(N[C@H](c2ccccc2C)[C@@H]2Cc3ccccc3N2)cc1. The molecular weight excluding hydrogens is 320 g/mol. The van der Waals surface area contributed by atoms with Crippen LogP contribution in [-0.2, 0) is 6.42 Å². The second-order valence-electron chi connectivity index (χ2n) is 6.82. The van der Waals surface area contributed by atoms with E-state index < -0.39 is 0 Å². The molecule has 1 aliphatic heterocycles. The normalized spacial score (nSPS) is 16.5. The summed E-state index contributed by atoms with van der Waals surface area (Å²) in [6.07, 6.45) is 1.01. The number of fused-ring (bicyclic) bond motifs is 1. The smallest absolute Gasteiger partial charge is 0.119 e. The van der Waals surface area contributed by atoms with Crippen LogP contribution in [0.3, 0.4) is 0 Å². The predicted molar refractivity (Wildman–Crippen MR) is 108 cm³/mol. The number of rotatable bonds is 5. The Labute approximate surface area is 155 Å². The third-order valence-electron chi connectivity index (χ3n) is 5.14. The van der Waals surface area contributed by atoms with Gasteiger partial charge in [0, 0.05) is 11.4 Å². The second kappa shape index (κ2) is 7.12. The van der Waals surface area contributed by atoms with E-state index in [-0.39, 0.29) is 6.04 Å². The van der Waals surface area contributed by atoms with Crippen molar-refractivity contribution in [1.82, 2.24) is 0 Å². The molecule has 26 heavy (non-hydrogen) atoms. The molecule has 1 aliphatic rings. The van der Waals surface area contributed by atoms with Crippen molar-refractivity contribution in [2.45, 2.75) is 25.4 Å². The van der Waals surface area contributed by atoms with E-state index >= 15 is 0 Å². The van der Waals surface area contributed by atoms with E-state index in [1.807, 2.05) is 12.1 Å². The molecule has 0 fully saturated rings. The number of methoxy groups -OCH3 is 1. The summed E-state index contributed by atoms with van der Waals surface area (Å²) in [5.41, 5.74) is 6.35. The summed E-state index contributed by atoms with van der Waals surface area (Å²) in [4.78, 5) is 0. The Morgan fingerprint density at radius 2 is 1.69 bits per heavy atom. The average molecular weight is 344 g/mol. The Balaban J connectivity index is 1.65. The lowest BCUT2D eigenvalue weighted by molar-refractivity contribution is 0.415. The lowest BCUT2D eigenvalue weighted by Crippen LogP contribution is -2.31. The zero-order chi connectivity index (χ0) is 17.9. The topological polar surface area (TPSA) is 33.3 Å². The van der Waals surface area contributed by atoms with Crippen LogP contribution in [0, 0.1) is 6.92 Å². The fourth-order valence-electron chi connectivity index (χ4n) is 3.73. The highest BCUT2D eigenvalue weighted by Crippen LogP contribution is 2.35. The molecule has 0 spiro atoms. The van der Waals surface area contributed by atoms with Gasteiger partial charge in [-0.25, -0.2) is 0 Å². The van der Waals surface area contributed by atoms with Crippen molar-refractivity contribution in [3.05, 3.63) is 89.5 Å². The fourth-order valence-corrected chi connectivity index (χ4v) is 3.73. The van der Waals surface area contributed by atoms with Gasteiger partial charge in [0.1, 0.15) is 5.75 Å². The van der Waals surface area contributed by atoms with Crippen LogP contribution in [-0.4, -0.2) is 13.2 Å². The van der Waals surface area contributed by atoms with Gasteiger partial charge in [-0.15, -0.1) is 0 Å². The van der Waals surface area contributed by atoms with Gasteiger partial charge in [0.25, 0.3) is 0 Å². The van der Waals surface area contributed by atoms with Crippen LogP contribution in [0.4, 0.5) is 11.4 Å². The molecule has 0 amide bonds. The van der Waals surface area contributed by atoms with Gasteiger partial charge in [0.2, 0.25) is 0 Å². The van der Waals surface area contributed by atoms with E-state index in [2.05, 4.69) is 78.2 Å². The molecular formula is C23H24N2O. The molecule has 0 radical (unpaired) electrons. The fraction of sp³-hybridized carbons (Fsp3) is 0.217. The first-order valence-corrected chi connectivity index (χ1v) is 9.05. The summed E-state index contributed by atoms with van der Waals surface area (Å²) in [6, 6.07) is 25.8. The minimum absolute atomic E-state index is 0.178. The van der Waals surface area contributed by atoms with Gasteiger partial charge < -0.3 is 15.4 Å². The molecule has 132 valence electrons. The standard InChI is InChI=1S/C23H24N2O/c1-16-7-3-5-9-20(16)23(24-18-11-13-19(26-2)14-12-18)22-15-17-8-4-6-10-21(17)25-22/h3-14,22-25H,15H2,1-2H3/t22-,23+/m0/s1. The van der Waals surface area contributed by atoms with E-state index in [1.54, 1.807) is 7.11 Å². The Kier molecular flexibility index (Phi) is 4.53. The quantitative estimate of drug-likeness (QED) is 0.668. The first kappa shape index (κ1) is 16.5. The summed E-state index contributed by atoms with van der Waals surface area (Å²) < 4.78 is 5.28. The van der Waals surface area contributed by atoms with Crippen LogP contribution in [0.15, 0.2) is 72.8 Å². The third kappa shape index (κ3) is 3.25. The predicted octanol–water partition coefficient (Wildman–Crippen LogP) is 5.19. The summed E-state index contributed by atoms with van der Waals surface area (Å²) in [5, 5.41) is 7.46.